The maximum atomic E-state index is 9.57. The fourth-order valence-corrected chi connectivity index (χ4v) is 6.20. The molecule has 0 unspecified atom stereocenters. The van der Waals surface area contributed by atoms with Crippen molar-refractivity contribution in [3.8, 4) is 6.07 Å². The summed E-state index contributed by atoms with van der Waals surface area (Å²) in [5, 5.41) is 12.1. The van der Waals surface area contributed by atoms with Crippen LogP contribution in [-0.4, -0.2) is 9.47 Å². The zero-order valence-corrected chi connectivity index (χ0v) is 30.8. The lowest BCUT2D eigenvalue weighted by atomic mass is 9.85. The second-order valence-electron chi connectivity index (χ2n) is 14.7. The quantitative estimate of drug-likeness (QED) is 0.162. The number of allylic oxidation sites excluding steroid dienone is 7. The molecular formula is C45H53N3. The summed E-state index contributed by atoms with van der Waals surface area (Å²) in [6, 6.07) is 24.0. The summed E-state index contributed by atoms with van der Waals surface area (Å²) >= 11 is 0. The van der Waals surface area contributed by atoms with E-state index in [0.717, 1.165) is 46.6 Å². The molecule has 1 heterocycles. The molecule has 248 valence electrons. The van der Waals surface area contributed by atoms with E-state index < -0.39 is 0 Å². The van der Waals surface area contributed by atoms with Crippen molar-refractivity contribution in [1.82, 2.24) is 9.47 Å². The maximum absolute atomic E-state index is 9.57. The van der Waals surface area contributed by atoms with Gasteiger partial charge in [-0.05, 0) is 108 Å². The Morgan fingerprint density at radius 2 is 1.21 bits per heavy atom. The third-order valence-corrected chi connectivity index (χ3v) is 8.92. The number of fused-ring (bicyclic) bond motifs is 3. The first-order chi connectivity index (χ1) is 22.6. The number of aromatic nitrogens is 1. The lowest BCUT2D eigenvalue weighted by molar-refractivity contribution is 0.567. The molecule has 0 N–H and O–H groups in total. The van der Waals surface area contributed by atoms with Gasteiger partial charge in [0, 0.05) is 39.6 Å². The maximum Gasteiger partial charge on any atom is 0.0991 e. The summed E-state index contributed by atoms with van der Waals surface area (Å²) in [6.45, 7) is 31.1. The smallest absolute Gasteiger partial charge is 0.0991 e. The van der Waals surface area contributed by atoms with Crippen LogP contribution < -0.4 is 0 Å². The Morgan fingerprint density at radius 1 is 0.750 bits per heavy atom. The van der Waals surface area contributed by atoms with Gasteiger partial charge < -0.3 is 9.47 Å². The van der Waals surface area contributed by atoms with Crippen molar-refractivity contribution >= 4 is 33.6 Å². The monoisotopic (exact) mass is 635 g/mol. The van der Waals surface area contributed by atoms with Crippen LogP contribution in [0.2, 0.25) is 0 Å². The molecule has 0 spiro atoms. The normalized spacial score (nSPS) is 13.4. The van der Waals surface area contributed by atoms with Crippen LogP contribution in [0.3, 0.4) is 0 Å². The van der Waals surface area contributed by atoms with Gasteiger partial charge in [-0.2, -0.15) is 5.26 Å². The first-order valence-electron chi connectivity index (χ1n) is 17.1. The van der Waals surface area contributed by atoms with Gasteiger partial charge in [0.25, 0.3) is 0 Å². The molecule has 0 saturated heterocycles. The van der Waals surface area contributed by atoms with Crippen molar-refractivity contribution in [3.63, 3.8) is 0 Å². The highest BCUT2D eigenvalue weighted by Crippen LogP contribution is 2.38. The van der Waals surface area contributed by atoms with Gasteiger partial charge in [-0.25, -0.2) is 0 Å². The number of hydrogen-bond donors (Lipinski definition) is 0. The van der Waals surface area contributed by atoms with Crippen LogP contribution in [0, 0.1) is 11.3 Å². The van der Waals surface area contributed by atoms with Crippen molar-refractivity contribution in [1.29, 1.82) is 5.26 Å². The molecule has 3 nitrogen and oxygen atoms in total. The summed E-state index contributed by atoms with van der Waals surface area (Å²) in [4.78, 5) is 2.14. The minimum absolute atomic E-state index is 0.0330. The Balaban J connectivity index is 2.08. The number of benzene rings is 3. The third-order valence-electron chi connectivity index (χ3n) is 8.92. The van der Waals surface area contributed by atoms with Crippen LogP contribution in [0.5, 0.6) is 0 Å². The molecule has 0 saturated carbocycles. The lowest BCUT2D eigenvalue weighted by Crippen LogP contribution is -2.19. The van der Waals surface area contributed by atoms with Crippen molar-refractivity contribution in [3.05, 3.63) is 143 Å². The van der Waals surface area contributed by atoms with Crippen LogP contribution in [0.15, 0.2) is 121 Å². The second kappa shape index (κ2) is 14.5. The fourth-order valence-electron chi connectivity index (χ4n) is 6.20. The highest BCUT2D eigenvalue weighted by molar-refractivity contribution is 6.10. The molecular weight excluding hydrogens is 583 g/mol. The lowest BCUT2D eigenvalue weighted by Gasteiger charge is -2.29. The standard InChI is InChI=1S/C45H53N3/c1-13-15-17-32(4)48(33(5)18-16-14-2)34(6)43(36-21-19-35(29-46)20-22-36)31(3)30-47-41-25-23-37(44(7,8)9)27-39(41)40-28-38(45(10,11)12)24-26-42(40)47/h15-28,30H,4-5,13-14H2,1-3,6-12H3/b17-15-,18-16-,31-30+,43-34-. The zero-order chi connectivity index (χ0) is 35.4. The number of nitriles is 1. The Morgan fingerprint density at radius 3 is 1.60 bits per heavy atom. The summed E-state index contributed by atoms with van der Waals surface area (Å²) in [7, 11) is 0. The first-order valence-corrected chi connectivity index (χ1v) is 17.1. The van der Waals surface area contributed by atoms with E-state index in [4.69, 9.17) is 0 Å². The average Bonchev–Trinajstić information content (AvgIpc) is 3.34. The Bertz CT molecular complexity index is 1900. The molecule has 4 aromatic rings. The molecule has 0 amide bonds. The van der Waals surface area contributed by atoms with Gasteiger partial charge in [0.15, 0.2) is 0 Å². The van der Waals surface area contributed by atoms with E-state index in [0.29, 0.717) is 5.56 Å². The van der Waals surface area contributed by atoms with E-state index in [2.05, 4.69) is 165 Å². The van der Waals surface area contributed by atoms with Crippen LogP contribution >= 0.6 is 0 Å². The van der Waals surface area contributed by atoms with E-state index in [1.165, 1.54) is 32.9 Å². The van der Waals surface area contributed by atoms with Gasteiger partial charge in [-0.3, -0.25) is 0 Å². The van der Waals surface area contributed by atoms with E-state index >= 15 is 0 Å². The molecule has 0 aliphatic carbocycles. The van der Waals surface area contributed by atoms with Gasteiger partial charge in [-0.15, -0.1) is 0 Å². The summed E-state index contributed by atoms with van der Waals surface area (Å²) in [5.74, 6) is 0. The molecule has 0 aliphatic rings. The molecule has 4 rings (SSSR count). The molecule has 48 heavy (non-hydrogen) atoms. The topological polar surface area (TPSA) is 32.0 Å². The number of hydrogen-bond acceptors (Lipinski definition) is 2. The molecule has 0 fully saturated rings. The minimum Gasteiger partial charge on any atom is -0.316 e. The average molecular weight is 636 g/mol. The number of nitrogens with zero attached hydrogens (tertiary/aromatic N) is 3. The Labute approximate surface area is 289 Å². The number of rotatable bonds is 10. The fraction of sp³-hybridized carbons (Fsp3) is 0.311. The van der Waals surface area contributed by atoms with Crippen LogP contribution in [0.25, 0.3) is 33.6 Å². The summed E-state index contributed by atoms with van der Waals surface area (Å²) < 4.78 is 2.35. The molecule has 3 heteroatoms. The van der Waals surface area contributed by atoms with Gasteiger partial charge in [-0.1, -0.05) is 105 Å². The van der Waals surface area contributed by atoms with E-state index in [1.54, 1.807) is 0 Å². The van der Waals surface area contributed by atoms with Gasteiger partial charge in [0.05, 0.1) is 22.7 Å². The highest BCUT2D eigenvalue weighted by Gasteiger charge is 2.22. The highest BCUT2D eigenvalue weighted by atomic mass is 15.2. The first kappa shape index (κ1) is 36.0. The minimum atomic E-state index is 0.0330. The van der Waals surface area contributed by atoms with Crippen molar-refractivity contribution in [2.24, 2.45) is 0 Å². The van der Waals surface area contributed by atoms with Gasteiger partial charge >= 0.3 is 0 Å². The molecule has 0 atom stereocenters. The predicted molar refractivity (Wildman–Crippen MR) is 210 cm³/mol. The summed E-state index contributed by atoms with van der Waals surface area (Å²) in [6.07, 6.45) is 12.5. The SMILES string of the molecule is C=C(/C=C\CC)N(C(=C)/C=C\CC)/C(C)=C(/C(C)=C/n1c2ccc(C(C)(C)C)cc2c2cc(C(C)(C)C)ccc21)c1ccc(C#N)cc1. The van der Waals surface area contributed by atoms with Crippen LogP contribution in [0.4, 0.5) is 0 Å². The van der Waals surface area contributed by atoms with Crippen LogP contribution in [0.1, 0.15) is 104 Å². The predicted octanol–water partition coefficient (Wildman–Crippen LogP) is 12.8. The Kier molecular flexibility index (Phi) is 10.9. The summed E-state index contributed by atoms with van der Waals surface area (Å²) in [5.41, 5.74) is 11.5. The van der Waals surface area contributed by atoms with Crippen molar-refractivity contribution in [2.45, 2.75) is 92.9 Å². The van der Waals surface area contributed by atoms with E-state index in [1.807, 2.05) is 24.3 Å². The molecule has 0 bridgehead atoms. The van der Waals surface area contributed by atoms with Crippen molar-refractivity contribution < 1.29 is 0 Å². The zero-order valence-electron chi connectivity index (χ0n) is 30.8. The molecule has 0 aliphatic heterocycles. The van der Waals surface area contributed by atoms with Crippen molar-refractivity contribution in [2.75, 3.05) is 0 Å². The second-order valence-corrected chi connectivity index (χ2v) is 14.7. The van der Waals surface area contributed by atoms with Crippen LogP contribution in [-0.2, 0) is 10.8 Å². The van der Waals surface area contributed by atoms with E-state index in [9.17, 15) is 5.26 Å². The Hall–Kier alpha value is -4.81. The molecule has 3 aromatic carbocycles. The third kappa shape index (κ3) is 7.66. The molecule has 0 radical (unpaired) electrons. The largest absolute Gasteiger partial charge is 0.316 e. The van der Waals surface area contributed by atoms with E-state index in [-0.39, 0.29) is 10.8 Å². The van der Waals surface area contributed by atoms with Gasteiger partial charge in [0.2, 0.25) is 0 Å². The molecule has 1 aromatic heterocycles. The van der Waals surface area contributed by atoms with Gasteiger partial charge in [0.1, 0.15) is 0 Å².